The number of carbonyl (C=O) groups excluding carboxylic acids is 1. The lowest BCUT2D eigenvalue weighted by atomic mass is 10.1. The first-order valence-corrected chi connectivity index (χ1v) is 6.48. The van der Waals surface area contributed by atoms with E-state index in [0.29, 0.717) is 22.6 Å². The Labute approximate surface area is 122 Å². The summed E-state index contributed by atoms with van der Waals surface area (Å²) in [6.07, 6.45) is 0. The molecule has 4 nitrogen and oxygen atoms in total. The van der Waals surface area contributed by atoms with Crippen LogP contribution in [0.5, 0.6) is 5.75 Å². The van der Waals surface area contributed by atoms with Crippen LogP contribution in [-0.2, 0) is 6.54 Å². The second-order valence-electron chi connectivity index (χ2n) is 4.71. The number of hydrogen-bond donors (Lipinski definition) is 2. The fraction of sp³-hybridized carbons (Fsp3) is 0.188. The van der Waals surface area contributed by atoms with Crippen molar-refractivity contribution in [3.8, 4) is 5.75 Å². The third-order valence-corrected chi connectivity index (χ3v) is 3.19. The van der Waals surface area contributed by atoms with Crippen molar-refractivity contribution in [1.82, 2.24) is 5.32 Å². The molecule has 0 saturated carbocycles. The lowest BCUT2D eigenvalue weighted by Crippen LogP contribution is -2.24. The van der Waals surface area contributed by atoms with Crippen LogP contribution in [0.25, 0.3) is 0 Å². The van der Waals surface area contributed by atoms with Gasteiger partial charge >= 0.3 is 0 Å². The van der Waals surface area contributed by atoms with Crippen molar-refractivity contribution < 1.29 is 13.9 Å². The number of nitrogens with two attached hydrogens (primary N) is 1. The number of nitrogens with one attached hydrogen (secondary N) is 1. The van der Waals surface area contributed by atoms with Crippen LogP contribution >= 0.6 is 0 Å². The standard InChI is InChI=1S/C16H17FN2O2/c1-10-3-4-12(17)8-14(10)16(20)19-9-11-7-13(18)5-6-15(11)21-2/h3-8H,9,18H2,1-2H3,(H,19,20). The summed E-state index contributed by atoms with van der Waals surface area (Å²) < 4.78 is 18.4. The number of aryl methyl sites for hydroxylation is 1. The highest BCUT2D eigenvalue weighted by atomic mass is 19.1. The van der Waals surface area contributed by atoms with Gasteiger partial charge in [0.15, 0.2) is 0 Å². The largest absolute Gasteiger partial charge is 0.496 e. The van der Waals surface area contributed by atoms with Crippen LogP contribution in [0.15, 0.2) is 36.4 Å². The second-order valence-corrected chi connectivity index (χ2v) is 4.71. The summed E-state index contributed by atoms with van der Waals surface area (Å²) in [6.45, 7) is 2.01. The van der Waals surface area contributed by atoms with Gasteiger partial charge in [-0.1, -0.05) is 6.07 Å². The molecule has 0 aromatic heterocycles. The topological polar surface area (TPSA) is 64.3 Å². The Bertz CT molecular complexity index is 671. The second kappa shape index (κ2) is 6.26. The van der Waals surface area contributed by atoms with Gasteiger partial charge in [-0.25, -0.2) is 4.39 Å². The highest BCUT2D eigenvalue weighted by Gasteiger charge is 2.11. The lowest BCUT2D eigenvalue weighted by molar-refractivity contribution is 0.0949. The van der Waals surface area contributed by atoms with E-state index < -0.39 is 5.82 Å². The summed E-state index contributed by atoms with van der Waals surface area (Å²) in [6, 6.07) is 9.32. The number of hydrogen-bond acceptors (Lipinski definition) is 3. The zero-order valence-corrected chi connectivity index (χ0v) is 11.9. The first-order valence-electron chi connectivity index (χ1n) is 6.48. The van der Waals surface area contributed by atoms with Crippen molar-refractivity contribution in [2.75, 3.05) is 12.8 Å². The Balaban J connectivity index is 2.14. The van der Waals surface area contributed by atoms with E-state index in [2.05, 4.69) is 5.32 Å². The first kappa shape index (κ1) is 14.8. The quantitative estimate of drug-likeness (QED) is 0.850. The van der Waals surface area contributed by atoms with Gasteiger partial charge in [0, 0.05) is 23.4 Å². The Morgan fingerprint density at radius 3 is 2.76 bits per heavy atom. The number of methoxy groups -OCH3 is 1. The Hall–Kier alpha value is -2.56. The number of benzene rings is 2. The summed E-state index contributed by atoms with van der Waals surface area (Å²) in [5.74, 6) is -0.135. The molecule has 0 aliphatic heterocycles. The fourth-order valence-electron chi connectivity index (χ4n) is 2.05. The molecular formula is C16H17FN2O2. The first-order chi connectivity index (χ1) is 10.0. The van der Waals surface area contributed by atoms with Crippen molar-refractivity contribution in [3.05, 3.63) is 58.9 Å². The van der Waals surface area contributed by atoms with Crippen molar-refractivity contribution in [2.24, 2.45) is 0 Å². The zero-order chi connectivity index (χ0) is 15.4. The summed E-state index contributed by atoms with van der Waals surface area (Å²) in [7, 11) is 1.55. The van der Waals surface area contributed by atoms with E-state index in [1.54, 1.807) is 38.3 Å². The average Bonchev–Trinajstić information content (AvgIpc) is 2.47. The van der Waals surface area contributed by atoms with E-state index in [9.17, 15) is 9.18 Å². The normalized spacial score (nSPS) is 10.2. The van der Waals surface area contributed by atoms with Crippen molar-refractivity contribution in [1.29, 1.82) is 0 Å². The summed E-state index contributed by atoms with van der Waals surface area (Å²) in [5, 5.41) is 2.74. The number of nitrogen functional groups attached to an aromatic ring is 1. The minimum absolute atomic E-state index is 0.253. The molecule has 1 amide bonds. The van der Waals surface area contributed by atoms with Crippen molar-refractivity contribution in [2.45, 2.75) is 13.5 Å². The number of carbonyl (C=O) groups is 1. The van der Waals surface area contributed by atoms with Crippen LogP contribution in [0.3, 0.4) is 0 Å². The van der Waals surface area contributed by atoms with Gasteiger partial charge in [-0.05, 0) is 42.8 Å². The Kier molecular flexibility index (Phi) is 4.42. The number of halogens is 1. The summed E-state index contributed by atoms with van der Waals surface area (Å²) in [5.41, 5.74) is 8.11. The maximum atomic E-state index is 13.2. The van der Waals surface area contributed by atoms with Gasteiger partial charge < -0.3 is 15.8 Å². The van der Waals surface area contributed by atoms with Gasteiger partial charge in [0.1, 0.15) is 11.6 Å². The predicted octanol–water partition coefficient (Wildman–Crippen LogP) is 2.65. The highest BCUT2D eigenvalue weighted by Crippen LogP contribution is 2.21. The SMILES string of the molecule is COc1ccc(N)cc1CNC(=O)c1cc(F)ccc1C. The molecule has 3 N–H and O–H groups in total. The highest BCUT2D eigenvalue weighted by molar-refractivity contribution is 5.95. The smallest absolute Gasteiger partial charge is 0.251 e. The molecule has 0 aliphatic carbocycles. The number of rotatable bonds is 4. The number of ether oxygens (including phenoxy) is 1. The molecule has 110 valence electrons. The minimum Gasteiger partial charge on any atom is -0.496 e. The molecular weight excluding hydrogens is 271 g/mol. The Morgan fingerprint density at radius 1 is 1.29 bits per heavy atom. The molecule has 21 heavy (non-hydrogen) atoms. The molecule has 5 heteroatoms. The van der Waals surface area contributed by atoms with E-state index in [-0.39, 0.29) is 12.5 Å². The molecule has 2 aromatic rings. The fourth-order valence-corrected chi connectivity index (χ4v) is 2.05. The van der Waals surface area contributed by atoms with E-state index in [1.165, 1.54) is 12.1 Å². The molecule has 0 heterocycles. The van der Waals surface area contributed by atoms with Crippen LogP contribution in [0, 0.1) is 12.7 Å². The number of amides is 1. The van der Waals surface area contributed by atoms with Gasteiger partial charge in [0.2, 0.25) is 0 Å². The van der Waals surface area contributed by atoms with Gasteiger partial charge in [-0.15, -0.1) is 0 Å². The maximum Gasteiger partial charge on any atom is 0.251 e. The molecule has 2 rings (SSSR count). The average molecular weight is 288 g/mol. The molecule has 0 unspecified atom stereocenters. The zero-order valence-electron chi connectivity index (χ0n) is 11.9. The maximum absolute atomic E-state index is 13.2. The molecule has 2 aromatic carbocycles. The molecule has 0 atom stereocenters. The van der Waals surface area contributed by atoms with Crippen molar-refractivity contribution >= 4 is 11.6 Å². The lowest BCUT2D eigenvalue weighted by Gasteiger charge is -2.11. The minimum atomic E-state index is -0.438. The van der Waals surface area contributed by atoms with Crippen LogP contribution in [-0.4, -0.2) is 13.0 Å². The van der Waals surface area contributed by atoms with Crippen LogP contribution in [0.2, 0.25) is 0 Å². The van der Waals surface area contributed by atoms with E-state index in [1.807, 2.05) is 0 Å². The van der Waals surface area contributed by atoms with Gasteiger partial charge in [0.05, 0.1) is 7.11 Å². The third kappa shape index (κ3) is 3.51. The summed E-state index contributed by atoms with van der Waals surface area (Å²) >= 11 is 0. The molecule has 0 spiro atoms. The molecule has 0 saturated heterocycles. The molecule has 0 radical (unpaired) electrons. The summed E-state index contributed by atoms with van der Waals surface area (Å²) in [4.78, 5) is 12.1. The van der Waals surface area contributed by atoms with Crippen LogP contribution in [0.1, 0.15) is 21.5 Å². The monoisotopic (exact) mass is 288 g/mol. The number of anilines is 1. The van der Waals surface area contributed by atoms with Crippen LogP contribution in [0.4, 0.5) is 10.1 Å². The van der Waals surface area contributed by atoms with E-state index in [4.69, 9.17) is 10.5 Å². The van der Waals surface area contributed by atoms with Crippen LogP contribution < -0.4 is 15.8 Å². The van der Waals surface area contributed by atoms with Crippen molar-refractivity contribution in [3.63, 3.8) is 0 Å². The predicted molar refractivity (Wildman–Crippen MR) is 79.7 cm³/mol. The molecule has 0 fully saturated rings. The molecule has 0 bridgehead atoms. The van der Waals surface area contributed by atoms with Gasteiger partial charge in [-0.3, -0.25) is 4.79 Å². The molecule has 0 aliphatic rings. The van der Waals surface area contributed by atoms with E-state index in [0.717, 1.165) is 5.56 Å². The Morgan fingerprint density at radius 2 is 2.05 bits per heavy atom. The van der Waals surface area contributed by atoms with E-state index >= 15 is 0 Å². The van der Waals surface area contributed by atoms with Gasteiger partial charge in [0.25, 0.3) is 5.91 Å². The van der Waals surface area contributed by atoms with Gasteiger partial charge in [-0.2, -0.15) is 0 Å². The third-order valence-electron chi connectivity index (χ3n) is 3.19.